The lowest BCUT2D eigenvalue weighted by molar-refractivity contribution is -0.119. The van der Waals surface area contributed by atoms with Gasteiger partial charge in [-0.1, -0.05) is 18.2 Å². The average Bonchev–Trinajstić information content (AvgIpc) is 2.90. The zero-order valence-corrected chi connectivity index (χ0v) is 11.9. The number of carbonyl (C=O) groups is 1. The van der Waals surface area contributed by atoms with Crippen LogP contribution in [0.4, 0.5) is 10.2 Å². The third kappa shape index (κ3) is 2.82. The number of aromatic amines is 1. The van der Waals surface area contributed by atoms with E-state index >= 15 is 0 Å². The van der Waals surface area contributed by atoms with E-state index in [0.717, 1.165) is 22.0 Å². The molecule has 0 aliphatic rings. The van der Waals surface area contributed by atoms with Crippen molar-refractivity contribution in [3.63, 3.8) is 0 Å². The van der Waals surface area contributed by atoms with E-state index in [4.69, 9.17) is 4.74 Å². The maximum atomic E-state index is 13.3. The van der Waals surface area contributed by atoms with Crippen molar-refractivity contribution < 1.29 is 13.9 Å². The largest absolute Gasteiger partial charge is 0.375 e. The molecule has 0 aliphatic heterocycles. The van der Waals surface area contributed by atoms with Gasteiger partial charge in [-0.25, -0.2) is 4.39 Å². The minimum absolute atomic E-state index is 0.0320. The Kier molecular flexibility index (Phi) is 3.84. The molecule has 1 heterocycles. The Morgan fingerprint density at radius 2 is 2.09 bits per heavy atom. The normalized spacial score (nSPS) is 10.8. The standard InChI is InChI=1S/C16H14FN3O2/c1-22-9-15(21)18-16-13-6-5-11(8-14(13)19-20-16)10-3-2-4-12(17)7-10/h2-8H,9H2,1H3,(H2,18,19,20,21). The van der Waals surface area contributed by atoms with E-state index in [1.54, 1.807) is 6.07 Å². The maximum absolute atomic E-state index is 13.3. The first-order valence-electron chi connectivity index (χ1n) is 6.70. The predicted molar refractivity (Wildman–Crippen MR) is 82.0 cm³/mol. The van der Waals surface area contributed by atoms with Crippen LogP contribution in [-0.4, -0.2) is 29.8 Å². The fourth-order valence-electron chi connectivity index (χ4n) is 2.26. The number of ether oxygens (including phenoxy) is 1. The van der Waals surface area contributed by atoms with Gasteiger partial charge in [0.05, 0.1) is 5.52 Å². The van der Waals surface area contributed by atoms with Gasteiger partial charge in [-0.05, 0) is 35.4 Å². The summed E-state index contributed by atoms with van der Waals surface area (Å²) >= 11 is 0. The molecule has 0 aliphatic carbocycles. The quantitative estimate of drug-likeness (QED) is 0.778. The smallest absolute Gasteiger partial charge is 0.251 e. The van der Waals surface area contributed by atoms with E-state index in [1.165, 1.54) is 19.2 Å². The van der Waals surface area contributed by atoms with Crippen LogP contribution in [-0.2, 0) is 9.53 Å². The molecule has 0 saturated carbocycles. The molecule has 2 aromatic carbocycles. The molecule has 3 aromatic rings. The summed E-state index contributed by atoms with van der Waals surface area (Å²) in [4.78, 5) is 11.5. The van der Waals surface area contributed by atoms with Gasteiger partial charge in [-0.15, -0.1) is 0 Å². The summed E-state index contributed by atoms with van der Waals surface area (Å²) < 4.78 is 18.1. The van der Waals surface area contributed by atoms with Crippen molar-refractivity contribution in [1.29, 1.82) is 0 Å². The summed E-state index contributed by atoms with van der Waals surface area (Å²) in [5.41, 5.74) is 2.40. The summed E-state index contributed by atoms with van der Waals surface area (Å²) in [6.45, 7) is -0.0320. The molecule has 0 fully saturated rings. The number of methoxy groups -OCH3 is 1. The predicted octanol–water partition coefficient (Wildman–Crippen LogP) is 2.95. The number of hydrogen-bond donors (Lipinski definition) is 2. The number of halogens is 1. The molecule has 1 aromatic heterocycles. The van der Waals surface area contributed by atoms with Gasteiger partial charge in [-0.3, -0.25) is 9.89 Å². The van der Waals surface area contributed by atoms with E-state index in [1.807, 2.05) is 24.3 Å². The fourth-order valence-corrected chi connectivity index (χ4v) is 2.26. The van der Waals surface area contributed by atoms with Crippen LogP contribution in [0.1, 0.15) is 0 Å². The Labute approximate surface area is 126 Å². The van der Waals surface area contributed by atoms with E-state index in [-0.39, 0.29) is 18.3 Å². The van der Waals surface area contributed by atoms with Crippen molar-refractivity contribution in [2.24, 2.45) is 0 Å². The van der Waals surface area contributed by atoms with Gasteiger partial charge < -0.3 is 10.1 Å². The Morgan fingerprint density at radius 3 is 2.86 bits per heavy atom. The van der Waals surface area contributed by atoms with Crippen molar-refractivity contribution >= 4 is 22.6 Å². The Morgan fingerprint density at radius 1 is 1.27 bits per heavy atom. The van der Waals surface area contributed by atoms with Gasteiger partial charge >= 0.3 is 0 Å². The molecule has 1 amide bonds. The first kappa shape index (κ1) is 14.2. The van der Waals surface area contributed by atoms with E-state index < -0.39 is 0 Å². The summed E-state index contributed by atoms with van der Waals surface area (Å²) in [5.74, 6) is -0.109. The third-order valence-electron chi connectivity index (χ3n) is 3.25. The van der Waals surface area contributed by atoms with Crippen LogP contribution < -0.4 is 5.32 Å². The number of fused-ring (bicyclic) bond motifs is 1. The van der Waals surface area contributed by atoms with E-state index in [9.17, 15) is 9.18 Å². The topological polar surface area (TPSA) is 67.0 Å². The van der Waals surface area contributed by atoms with Crippen LogP contribution >= 0.6 is 0 Å². The molecule has 0 atom stereocenters. The molecule has 22 heavy (non-hydrogen) atoms. The minimum Gasteiger partial charge on any atom is -0.375 e. The Bertz CT molecular complexity index is 829. The molecule has 0 radical (unpaired) electrons. The number of benzene rings is 2. The molecule has 3 rings (SSSR count). The maximum Gasteiger partial charge on any atom is 0.251 e. The summed E-state index contributed by atoms with van der Waals surface area (Å²) in [6, 6.07) is 11.9. The summed E-state index contributed by atoms with van der Waals surface area (Å²) in [6.07, 6.45) is 0. The zero-order chi connectivity index (χ0) is 15.5. The first-order valence-corrected chi connectivity index (χ1v) is 6.70. The van der Waals surface area contributed by atoms with Gasteiger partial charge in [0.2, 0.25) is 0 Å². The lowest BCUT2D eigenvalue weighted by atomic mass is 10.0. The van der Waals surface area contributed by atoms with Gasteiger partial charge in [-0.2, -0.15) is 5.10 Å². The molecule has 2 N–H and O–H groups in total. The minimum atomic E-state index is -0.283. The molecular weight excluding hydrogens is 285 g/mol. The molecule has 0 saturated heterocycles. The number of amides is 1. The van der Waals surface area contributed by atoms with Crippen LogP contribution in [0, 0.1) is 5.82 Å². The second-order valence-corrected chi connectivity index (χ2v) is 4.82. The third-order valence-corrected chi connectivity index (χ3v) is 3.25. The highest BCUT2D eigenvalue weighted by Crippen LogP contribution is 2.27. The molecule has 112 valence electrons. The van der Waals surface area contributed by atoms with Gasteiger partial charge in [0.1, 0.15) is 12.4 Å². The molecule has 0 bridgehead atoms. The van der Waals surface area contributed by atoms with Crippen LogP contribution in [0.3, 0.4) is 0 Å². The number of aromatic nitrogens is 2. The fraction of sp³-hybridized carbons (Fsp3) is 0.125. The van der Waals surface area contributed by atoms with Crippen molar-refractivity contribution in [2.45, 2.75) is 0 Å². The SMILES string of the molecule is COCC(=O)Nc1n[nH]c2cc(-c3cccc(F)c3)ccc12. The number of carbonyl (C=O) groups excluding carboxylic acids is 1. The van der Waals surface area contributed by atoms with Crippen molar-refractivity contribution in [2.75, 3.05) is 19.0 Å². The van der Waals surface area contributed by atoms with Crippen LogP contribution in [0.25, 0.3) is 22.0 Å². The monoisotopic (exact) mass is 299 g/mol. The van der Waals surface area contributed by atoms with Crippen LogP contribution in [0.15, 0.2) is 42.5 Å². The second kappa shape index (κ2) is 5.95. The van der Waals surface area contributed by atoms with Crippen molar-refractivity contribution in [1.82, 2.24) is 10.2 Å². The number of hydrogen-bond acceptors (Lipinski definition) is 3. The van der Waals surface area contributed by atoms with E-state index in [2.05, 4.69) is 15.5 Å². The van der Waals surface area contributed by atoms with Crippen LogP contribution in [0.5, 0.6) is 0 Å². The Balaban J connectivity index is 1.94. The van der Waals surface area contributed by atoms with Crippen molar-refractivity contribution in [3.05, 3.63) is 48.3 Å². The van der Waals surface area contributed by atoms with E-state index in [0.29, 0.717) is 5.82 Å². The highest BCUT2D eigenvalue weighted by Gasteiger charge is 2.10. The van der Waals surface area contributed by atoms with Gasteiger partial charge in [0.15, 0.2) is 5.82 Å². The van der Waals surface area contributed by atoms with Crippen LogP contribution in [0.2, 0.25) is 0 Å². The second-order valence-electron chi connectivity index (χ2n) is 4.82. The number of H-pyrrole nitrogens is 1. The highest BCUT2D eigenvalue weighted by molar-refractivity contribution is 6.01. The lowest BCUT2D eigenvalue weighted by Crippen LogP contribution is -2.17. The van der Waals surface area contributed by atoms with Crippen molar-refractivity contribution in [3.8, 4) is 11.1 Å². The number of rotatable bonds is 4. The first-order chi connectivity index (χ1) is 10.7. The number of nitrogens with zero attached hydrogens (tertiary/aromatic N) is 1. The summed E-state index contributed by atoms with van der Waals surface area (Å²) in [7, 11) is 1.45. The average molecular weight is 299 g/mol. The molecule has 5 nitrogen and oxygen atoms in total. The van der Waals surface area contributed by atoms with Gasteiger partial charge in [0, 0.05) is 12.5 Å². The number of anilines is 1. The molecule has 0 unspecified atom stereocenters. The Hall–Kier alpha value is -2.73. The molecule has 0 spiro atoms. The van der Waals surface area contributed by atoms with Gasteiger partial charge in [0.25, 0.3) is 5.91 Å². The molecular formula is C16H14FN3O2. The molecule has 6 heteroatoms. The summed E-state index contributed by atoms with van der Waals surface area (Å²) in [5, 5.41) is 10.4. The highest BCUT2D eigenvalue weighted by atomic mass is 19.1. The zero-order valence-electron chi connectivity index (χ0n) is 11.9. The number of nitrogens with one attached hydrogen (secondary N) is 2. The lowest BCUT2D eigenvalue weighted by Gasteiger charge is -2.03.